The first-order valence-electron chi connectivity index (χ1n) is 6.82. The van der Waals surface area contributed by atoms with Gasteiger partial charge in [0.15, 0.2) is 0 Å². The van der Waals surface area contributed by atoms with Gasteiger partial charge in [-0.15, -0.1) is 0 Å². The second-order valence-electron chi connectivity index (χ2n) is 6.22. The molecular weight excluding hydrogens is 324 g/mol. The highest BCUT2D eigenvalue weighted by Crippen LogP contribution is 2.38. The van der Waals surface area contributed by atoms with Crippen LogP contribution in [-0.4, -0.2) is 12.6 Å². The molecule has 0 radical (unpaired) electrons. The van der Waals surface area contributed by atoms with Gasteiger partial charge in [-0.25, -0.2) is 0 Å². The fourth-order valence-corrected chi connectivity index (χ4v) is 3.63. The highest BCUT2D eigenvalue weighted by Gasteiger charge is 2.32. The summed E-state index contributed by atoms with van der Waals surface area (Å²) in [5.74, 6) is 0. The third kappa shape index (κ3) is 3.94. The highest BCUT2D eigenvalue weighted by atomic mass is 79.9. The van der Waals surface area contributed by atoms with Crippen molar-refractivity contribution in [1.82, 2.24) is 5.32 Å². The van der Waals surface area contributed by atoms with Gasteiger partial charge in [0.1, 0.15) is 0 Å². The summed E-state index contributed by atoms with van der Waals surface area (Å²) in [5, 5.41) is 4.45. The molecule has 2 unspecified atom stereocenters. The molecule has 4 heteroatoms. The van der Waals surface area contributed by atoms with Crippen LogP contribution < -0.4 is 11.1 Å². The van der Waals surface area contributed by atoms with Crippen molar-refractivity contribution in [3.63, 3.8) is 0 Å². The zero-order valence-electron chi connectivity index (χ0n) is 11.5. The Morgan fingerprint density at radius 3 is 2.84 bits per heavy atom. The van der Waals surface area contributed by atoms with E-state index in [2.05, 4.69) is 35.1 Å². The second-order valence-corrected chi connectivity index (χ2v) is 7.52. The van der Waals surface area contributed by atoms with Crippen molar-refractivity contribution in [3.8, 4) is 0 Å². The maximum atomic E-state index is 6.09. The largest absolute Gasteiger partial charge is 0.329 e. The number of halogens is 2. The van der Waals surface area contributed by atoms with E-state index in [4.69, 9.17) is 17.3 Å². The van der Waals surface area contributed by atoms with Crippen molar-refractivity contribution >= 4 is 27.5 Å². The average molecular weight is 346 g/mol. The summed E-state index contributed by atoms with van der Waals surface area (Å²) >= 11 is 9.68. The van der Waals surface area contributed by atoms with Crippen molar-refractivity contribution in [2.45, 2.75) is 45.2 Å². The Hall–Kier alpha value is -0.0900. The predicted molar refractivity (Wildman–Crippen MR) is 85.5 cm³/mol. The SMILES string of the molecule is CC1(C)CCC(NC(CN)c2cc(Cl)ccc2Br)C1. The van der Waals surface area contributed by atoms with E-state index in [1.807, 2.05) is 18.2 Å². The fraction of sp³-hybridized carbons (Fsp3) is 0.600. The Morgan fingerprint density at radius 1 is 1.53 bits per heavy atom. The Labute approximate surface area is 129 Å². The minimum Gasteiger partial charge on any atom is -0.329 e. The summed E-state index contributed by atoms with van der Waals surface area (Å²) in [5.41, 5.74) is 7.54. The maximum Gasteiger partial charge on any atom is 0.0458 e. The van der Waals surface area contributed by atoms with Gasteiger partial charge in [0, 0.05) is 28.1 Å². The molecule has 0 bridgehead atoms. The molecule has 19 heavy (non-hydrogen) atoms. The van der Waals surface area contributed by atoms with Crippen LogP contribution in [0, 0.1) is 5.41 Å². The lowest BCUT2D eigenvalue weighted by atomic mass is 9.91. The molecule has 0 aromatic heterocycles. The van der Waals surface area contributed by atoms with Gasteiger partial charge >= 0.3 is 0 Å². The lowest BCUT2D eigenvalue weighted by Crippen LogP contribution is -2.36. The quantitative estimate of drug-likeness (QED) is 0.855. The molecule has 1 aliphatic carbocycles. The predicted octanol–water partition coefficient (Wildman–Crippen LogP) is 4.27. The molecule has 2 atom stereocenters. The third-order valence-electron chi connectivity index (χ3n) is 3.97. The molecule has 1 saturated carbocycles. The van der Waals surface area contributed by atoms with Crippen molar-refractivity contribution in [2.75, 3.05) is 6.54 Å². The smallest absolute Gasteiger partial charge is 0.0458 e. The van der Waals surface area contributed by atoms with Gasteiger partial charge in [-0.2, -0.15) is 0 Å². The summed E-state index contributed by atoms with van der Waals surface area (Å²) in [6.45, 7) is 5.25. The summed E-state index contributed by atoms with van der Waals surface area (Å²) < 4.78 is 1.07. The lowest BCUT2D eigenvalue weighted by molar-refractivity contribution is 0.353. The van der Waals surface area contributed by atoms with Gasteiger partial charge in [-0.1, -0.05) is 41.4 Å². The van der Waals surface area contributed by atoms with Crippen molar-refractivity contribution in [1.29, 1.82) is 0 Å². The third-order valence-corrected chi connectivity index (χ3v) is 4.93. The molecule has 2 nitrogen and oxygen atoms in total. The van der Waals surface area contributed by atoms with E-state index in [0.29, 0.717) is 18.0 Å². The first-order chi connectivity index (χ1) is 8.91. The first-order valence-corrected chi connectivity index (χ1v) is 7.99. The Kier molecular flexibility index (Phi) is 4.93. The molecule has 106 valence electrons. The average Bonchev–Trinajstić information content (AvgIpc) is 2.69. The zero-order valence-corrected chi connectivity index (χ0v) is 13.9. The molecule has 0 aliphatic heterocycles. The minimum absolute atomic E-state index is 0.159. The standard InChI is InChI=1S/C15H22BrClN2/c1-15(2)6-5-11(8-15)19-14(9-18)12-7-10(17)3-4-13(12)16/h3-4,7,11,14,19H,5-6,8-9,18H2,1-2H3. The van der Waals surface area contributed by atoms with E-state index in [9.17, 15) is 0 Å². The minimum atomic E-state index is 0.159. The molecule has 0 saturated heterocycles. The molecule has 1 fully saturated rings. The van der Waals surface area contributed by atoms with Crippen LogP contribution in [-0.2, 0) is 0 Å². The number of benzene rings is 1. The molecule has 1 aromatic rings. The van der Waals surface area contributed by atoms with Gasteiger partial charge in [0.2, 0.25) is 0 Å². The number of nitrogens with one attached hydrogen (secondary N) is 1. The van der Waals surface area contributed by atoms with Crippen LogP contribution in [0.2, 0.25) is 5.02 Å². The van der Waals surface area contributed by atoms with E-state index in [0.717, 1.165) is 15.1 Å². The Morgan fingerprint density at radius 2 is 2.26 bits per heavy atom. The van der Waals surface area contributed by atoms with E-state index < -0.39 is 0 Å². The van der Waals surface area contributed by atoms with Crippen molar-refractivity contribution < 1.29 is 0 Å². The van der Waals surface area contributed by atoms with E-state index in [1.54, 1.807) is 0 Å². The number of hydrogen-bond acceptors (Lipinski definition) is 2. The molecule has 1 aromatic carbocycles. The molecule has 2 rings (SSSR count). The van der Waals surface area contributed by atoms with Gasteiger partial charge in [-0.3, -0.25) is 0 Å². The summed E-state index contributed by atoms with van der Waals surface area (Å²) in [6.07, 6.45) is 3.71. The van der Waals surface area contributed by atoms with Crippen molar-refractivity contribution in [2.24, 2.45) is 11.1 Å². The zero-order chi connectivity index (χ0) is 14.0. The molecule has 1 aliphatic rings. The normalized spacial score (nSPS) is 23.5. The van der Waals surface area contributed by atoms with Gasteiger partial charge in [0.05, 0.1) is 0 Å². The van der Waals surface area contributed by atoms with Gasteiger partial charge < -0.3 is 11.1 Å². The van der Waals surface area contributed by atoms with Crippen LogP contribution in [0.15, 0.2) is 22.7 Å². The van der Waals surface area contributed by atoms with Crippen LogP contribution in [0.4, 0.5) is 0 Å². The van der Waals surface area contributed by atoms with Crippen molar-refractivity contribution in [3.05, 3.63) is 33.3 Å². The number of rotatable bonds is 4. The first kappa shape index (κ1) is 15.3. The van der Waals surface area contributed by atoms with Crippen LogP contribution in [0.25, 0.3) is 0 Å². The van der Waals surface area contributed by atoms with Crippen LogP contribution >= 0.6 is 27.5 Å². The van der Waals surface area contributed by atoms with E-state index in [1.165, 1.54) is 19.3 Å². The topological polar surface area (TPSA) is 38.0 Å². The Balaban J connectivity index is 2.10. The molecule has 0 amide bonds. The molecule has 0 heterocycles. The summed E-state index contributed by atoms with van der Waals surface area (Å²) in [7, 11) is 0. The second kappa shape index (κ2) is 6.13. The highest BCUT2D eigenvalue weighted by molar-refractivity contribution is 9.10. The molecular formula is C15H22BrClN2. The van der Waals surface area contributed by atoms with Crippen LogP contribution in [0.1, 0.15) is 44.7 Å². The van der Waals surface area contributed by atoms with Crippen LogP contribution in [0.5, 0.6) is 0 Å². The number of nitrogens with two attached hydrogens (primary N) is 1. The fourth-order valence-electron chi connectivity index (χ4n) is 2.93. The van der Waals surface area contributed by atoms with E-state index in [-0.39, 0.29) is 6.04 Å². The lowest BCUT2D eigenvalue weighted by Gasteiger charge is -2.24. The molecule has 0 spiro atoms. The summed E-state index contributed by atoms with van der Waals surface area (Å²) in [6, 6.07) is 6.58. The summed E-state index contributed by atoms with van der Waals surface area (Å²) in [4.78, 5) is 0. The maximum absolute atomic E-state index is 6.09. The molecule has 3 N–H and O–H groups in total. The van der Waals surface area contributed by atoms with Crippen LogP contribution in [0.3, 0.4) is 0 Å². The van der Waals surface area contributed by atoms with E-state index >= 15 is 0 Å². The Bertz CT molecular complexity index is 448. The van der Waals surface area contributed by atoms with Gasteiger partial charge in [0.25, 0.3) is 0 Å². The monoisotopic (exact) mass is 344 g/mol. The van der Waals surface area contributed by atoms with Gasteiger partial charge in [-0.05, 0) is 48.4 Å². The number of hydrogen-bond donors (Lipinski definition) is 2.